The largest absolute Gasteiger partial charge is 0.314 e. The van der Waals surface area contributed by atoms with Gasteiger partial charge < -0.3 is 5.32 Å². The molecule has 1 aliphatic heterocycles. The number of piperidine rings is 1. The van der Waals surface area contributed by atoms with Gasteiger partial charge in [0, 0.05) is 32.2 Å². The molecule has 0 bridgehead atoms. The average molecular weight is 317 g/mol. The molecule has 1 saturated heterocycles. The highest BCUT2D eigenvalue weighted by Gasteiger charge is 2.33. The topological polar surface area (TPSA) is 52.7 Å². The fourth-order valence-corrected chi connectivity index (χ4v) is 4.88. The summed E-state index contributed by atoms with van der Waals surface area (Å²) in [6, 6.07) is 0.699. The van der Waals surface area contributed by atoms with Crippen molar-refractivity contribution >= 4 is 10.2 Å². The maximum atomic E-state index is 12.8. The van der Waals surface area contributed by atoms with Gasteiger partial charge in [-0.3, -0.25) is 0 Å². The van der Waals surface area contributed by atoms with E-state index in [0.717, 1.165) is 19.4 Å². The third-order valence-corrected chi connectivity index (χ3v) is 6.37. The van der Waals surface area contributed by atoms with Gasteiger partial charge in [0.05, 0.1) is 0 Å². The molecule has 6 heteroatoms. The summed E-state index contributed by atoms with van der Waals surface area (Å²) in [5, 5.41) is 3.54. The lowest BCUT2D eigenvalue weighted by Crippen LogP contribution is -2.50. The first-order chi connectivity index (χ1) is 9.93. The summed E-state index contributed by atoms with van der Waals surface area (Å²) in [5.41, 5.74) is 0. The Hall–Kier alpha value is -0.170. The van der Waals surface area contributed by atoms with Crippen molar-refractivity contribution in [3.05, 3.63) is 0 Å². The van der Waals surface area contributed by atoms with E-state index in [4.69, 9.17) is 0 Å². The van der Waals surface area contributed by atoms with Crippen LogP contribution in [0.15, 0.2) is 0 Å². The first-order valence-electron chi connectivity index (χ1n) is 8.42. The minimum absolute atomic E-state index is 0.358. The second kappa shape index (κ2) is 7.40. The SMILES string of the molecule is CCN(CC(C)C)S(=O)(=O)N1CCCC(CNC2CC2)C1. The highest BCUT2D eigenvalue weighted by molar-refractivity contribution is 7.86. The summed E-state index contributed by atoms with van der Waals surface area (Å²) in [5.74, 6) is 0.823. The van der Waals surface area contributed by atoms with Crippen LogP contribution in [-0.4, -0.2) is 55.8 Å². The average Bonchev–Trinajstić information content (AvgIpc) is 3.26. The van der Waals surface area contributed by atoms with Gasteiger partial charge in [-0.05, 0) is 44.1 Å². The van der Waals surface area contributed by atoms with E-state index < -0.39 is 10.2 Å². The molecule has 21 heavy (non-hydrogen) atoms. The Morgan fingerprint density at radius 1 is 1.29 bits per heavy atom. The van der Waals surface area contributed by atoms with E-state index in [1.165, 1.54) is 12.8 Å². The van der Waals surface area contributed by atoms with Crippen molar-refractivity contribution in [1.82, 2.24) is 13.9 Å². The molecule has 0 amide bonds. The molecular weight excluding hydrogens is 286 g/mol. The number of nitrogens with one attached hydrogen (secondary N) is 1. The Labute approximate surface area is 130 Å². The van der Waals surface area contributed by atoms with Gasteiger partial charge >= 0.3 is 0 Å². The molecule has 1 aliphatic carbocycles. The molecule has 124 valence electrons. The molecule has 0 spiro atoms. The van der Waals surface area contributed by atoms with Gasteiger partial charge in [-0.25, -0.2) is 0 Å². The van der Waals surface area contributed by atoms with E-state index in [0.29, 0.717) is 44.1 Å². The lowest BCUT2D eigenvalue weighted by Gasteiger charge is -2.36. The Morgan fingerprint density at radius 2 is 2.00 bits per heavy atom. The fourth-order valence-electron chi connectivity index (χ4n) is 2.98. The zero-order valence-corrected chi connectivity index (χ0v) is 14.5. The lowest BCUT2D eigenvalue weighted by atomic mass is 10.00. The third-order valence-electron chi connectivity index (χ3n) is 4.33. The van der Waals surface area contributed by atoms with Crippen LogP contribution in [0.1, 0.15) is 46.5 Å². The maximum absolute atomic E-state index is 12.8. The molecule has 0 aromatic heterocycles. The molecule has 1 atom stereocenters. The maximum Gasteiger partial charge on any atom is 0.281 e. The Kier molecular flexibility index (Phi) is 6.05. The number of hydrogen-bond donors (Lipinski definition) is 1. The minimum atomic E-state index is -3.29. The normalized spacial score (nSPS) is 24.9. The van der Waals surface area contributed by atoms with Crippen molar-refractivity contribution in [2.24, 2.45) is 11.8 Å². The lowest BCUT2D eigenvalue weighted by molar-refractivity contribution is 0.239. The Morgan fingerprint density at radius 3 is 2.57 bits per heavy atom. The van der Waals surface area contributed by atoms with Crippen LogP contribution < -0.4 is 5.32 Å². The van der Waals surface area contributed by atoms with Crippen LogP contribution in [0.3, 0.4) is 0 Å². The van der Waals surface area contributed by atoms with E-state index >= 15 is 0 Å². The van der Waals surface area contributed by atoms with Crippen molar-refractivity contribution in [2.45, 2.75) is 52.5 Å². The van der Waals surface area contributed by atoms with Crippen molar-refractivity contribution in [2.75, 3.05) is 32.7 Å². The minimum Gasteiger partial charge on any atom is -0.314 e. The molecule has 1 unspecified atom stereocenters. The van der Waals surface area contributed by atoms with Gasteiger partial charge in [0.25, 0.3) is 10.2 Å². The standard InChI is InChI=1S/C15H31N3O2S/c1-4-17(11-13(2)3)21(19,20)18-9-5-6-14(12-18)10-16-15-7-8-15/h13-16H,4-12H2,1-3H3. The number of nitrogens with zero attached hydrogens (tertiary/aromatic N) is 2. The molecule has 0 radical (unpaired) electrons. The van der Waals surface area contributed by atoms with Crippen LogP contribution >= 0.6 is 0 Å². The van der Waals surface area contributed by atoms with Gasteiger partial charge in [-0.2, -0.15) is 17.0 Å². The molecule has 5 nitrogen and oxygen atoms in total. The summed E-state index contributed by atoms with van der Waals surface area (Å²) in [4.78, 5) is 0. The van der Waals surface area contributed by atoms with E-state index in [1.807, 2.05) is 6.92 Å². The molecule has 2 fully saturated rings. The number of rotatable bonds is 8. The van der Waals surface area contributed by atoms with Crippen LogP contribution in [0.5, 0.6) is 0 Å². The summed E-state index contributed by atoms with van der Waals surface area (Å²) < 4.78 is 28.9. The molecular formula is C15H31N3O2S. The highest BCUT2D eigenvalue weighted by atomic mass is 32.2. The van der Waals surface area contributed by atoms with Crippen LogP contribution in [0.2, 0.25) is 0 Å². The second-order valence-electron chi connectivity index (χ2n) is 6.90. The van der Waals surface area contributed by atoms with E-state index in [1.54, 1.807) is 8.61 Å². The van der Waals surface area contributed by atoms with E-state index in [-0.39, 0.29) is 0 Å². The first-order valence-corrected chi connectivity index (χ1v) is 9.81. The molecule has 1 heterocycles. The zero-order chi connectivity index (χ0) is 15.5. The Balaban J connectivity index is 1.93. The quantitative estimate of drug-likeness (QED) is 0.741. The van der Waals surface area contributed by atoms with Crippen LogP contribution in [0.25, 0.3) is 0 Å². The van der Waals surface area contributed by atoms with Crippen molar-refractivity contribution in [3.63, 3.8) is 0 Å². The molecule has 1 saturated carbocycles. The molecule has 2 aliphatic rings. The van der Waals surface area contributed by atoms with Crippen molar-refractivity contribution < 1.29 is 8.42 Å². The summed E-state index contributed by atoms with van der Waals surface area (Å²) in [6.45, 7) is 9.55. The smallest absolute Gasteiger partial charge is 0.281 e. The number of hydrogen-bond acceptors (Lipinski definition) is 3. The predicted molar refractivity (Wildman–Crippen MR) is 86.3 cm³/mol. The molecule has 1 N–H and O–H groups in total. The monoisotopic (exact) mass is 317 g/mol. The van der Waals surface area contributed by atoms with Crippen LogP contribution in [0.4, 0.5) is 0 Å². The van der Waals surface area contributed by atoms with Gasteiger partial charge in [-0.15, -0.1) is 0 Å². The van der Waals surface area contributed by atoms with Gasteiger partial charge in [0.15, 0.2) is 0 Å². The van der Waals surface area contributed by atoms with Crippen molar-refractivity contribution in [1.29, 1.82) is 0 Å². The van der Waals surface area contributed by atoms with Crippen LogP contribution in [-0.2, 0) is 10.2 Å². The second-order valence-corrected chi connectivity index (χ2v) is 8.83. The highest BCUT2D eigenvalue weighted by Crippen LogP contribution is 2.23. The summed E-state index contributed by atoms with van der Waals surface area (Å²) in [7, 11) is -3.29. The third kappa shape index (κ3) is 4.91. The van der Waals surface area contributed by atoms with Crippen LogP contribution in [0, 0.1) is 11.8 Å². The molecule has 0 aromatic carbocycles. The first kappa shape index (κ1) is 17.2. The van der Waals surface area contributed by atoms with Gasteiger partial charge in [-0.1, -0.05) is 20.8 Å². The van der Waals surface area contributed by atoms with Gasteiger partial charge in [0.2, 0.25) is 0 Å². The summed E-state index contributed by atoms with van der Waals surface area (Å²) >= 11 is 0. The van der Waals surface area contributed by atoms with E-state index in [2.05, 4.69) is 19.2 Å². The molecule has 2 rings (SSSR count). The van der Waals surface area contributed by atoms with Crippen molar-refractivity contribution in [3.8, 4) is 0 Å². The Bertz CT molecular complexity index is 421. The molecule has 0 aromatic rings. The fraction of sp³-hybridized carbons (Fsp3) is 1.00. The predicted octanol–water partition coefficient (Wildman–Crippen LogP) is 1.67. The zero-order valence-electron chi connectivity index (χ0n) is 13.7. The van der Waals surface area contributed by atoms with E-state index in [9.17, 15) is 8.42 Å². The summed E-state index contributed by atoms with van der Waals surface area (Å²) in [6.07, 6.45) is 4.69. The van der Waals surface area contributed by atoms with Gasteiger partial charge in [0.1, 0.15) is 0 Å².